The van der Waals surface area contributed by atoms with Crippen LogP contribution in [0.2, 0.25) is 0 Å². The highest BCUT2D eigenvalue weighted by Gasteiger charge is 2.34. The summed E-state index contributed by atoms with van der Waals surface area (Å²) < 4.78 is 26.1. The summed E-state index contributed by atoms with van der Waals surface area (Å²) in [4.78, 5) is 24.2. The van der Waals surface area contributed by atoms with E-state index in [4.69, 9.17) is 5.11 Å². The summed E-state index contributed by atoms with van der Waals surface area (Å²) in [6.07, 6.45) is 0. The Morgan fingerprint density at radius 2 is 2.00 bits per heavy atom. The maximum absolute atomic E-state index is 12.0. The van der Waals surface area contributed by atoms with Gasteiger partial charge in [-0.3, -0.25) is 4.79 Å². The molecule has 0 bridgehead atoms. The molecule has 0 spiro atoms. The number of nitrogens with zero attached hydrogens (tertiary/aromatic N) is 1. The number of carboxylic acids is 1. The average Bonchev–Trinajstić information content (AvgIpc) is 2.95. The minimum absolute atomic E-state index is 0.0587. The first kappa shape index (κ1) is 15.8. The van der Waals surface area contributed by atoms with E-state index in [1.165, 1.54) is 28.8 Å². The molecule has 0 saturated carbocycles. The van der Waals surface area contributed by atoms with Crippen LogP contribution in [0.5, 0.6) is 0 Å². The molecule has 2 N–H and O–H groups in total. The molecule has 0 unspecified atom stereocenters. The summed E-state index contributed by atoms with van der Waals surface area (Å²) in [6.45, 7) is -0.457. The first-order valence-corrected chi connectivity index (χ1v) is 8.70. The maximum atomic E-state index is 12.0. The van der Waals surface area contributed by atoms with Crippen molar-refractivity contribution in [2.24, 2.45) is 0 Å². The molecule has 2 rings (SSSR count). The molecule has 1 fully saturated rings. The monoisotopic (exact) mass is 330 g/mol. The average molecular weight is 330 g/mol. The predicted molar refractivity (Wildman–Crippen MR) is 77.2 cm³/mol. The largest absolute Gasteiger partial charge is 0.480 e. The van der Waals surface area contributed by atoms with Crippen molar-refractivity contribution < 1.29 is 23.1 Å². The van der Waals surface area contributed by atoms with Gasteiger partial charge in [0.25, 0.3) is 0 Å². The number of carbonyl (C=O) groups is 2. The highest BCUT2D eigenvalue weighted by Crippen LogP contribution is 2.21. The van der Waals surface area contributed by atoms with Crippen LogP contribution in [0.1, 0.15) is 0 Å². The van der Waals surface area contributed by atoms with Gasteiger partial charge in [0.05, 0.1) is 17.3 Å². The number of amides is 1. The molecule has 21 heavy (non-hydrogen) atoms. The van der Waals surface area contributed by atoms with Crippen molar-refractivity contribution in [2.75, 3.05) is 18.2 Å². The van der Waals surface area contributed by atoms with Crippen LogP contribution in [-0.2, 0) is 19.6 Å². The van der Waals surface area contributed by atoms with Crippen molar-refractivity contribution in [3.63, 3.8) is 0 Å². The van der Waals surface area contributed by atoms with Crippen molar-refractivity contribution in [1.29, 1.82) is 0 Å². The highest BCUT2D eigenvalue weighted by atomic mass is 32.2. The van der Waals surface area contributed by atoms with E-state index >= 15 is 0 Å². The molecule has 0 aliphatic carbocycles. The zero-order valence-electron chi connectivity index (χ0n) is 10.9. The van der Waals surface area contributed by atoms with Gasteiger partial charge in [-0.05, 0) is 12.1 Å². The van der Waals surface area contributed by atoms with Gasteiger partial charge in [-0.25, -0.2) is 17.9 Å². The quantitative estimate of drug-likeness (QED) is 0.784. The number of carboxylic acid groups (broad SMARTS) is 1. The van der Waals surface area contributed by atoms with Gasteiger partial charge in [-0.1, -0.05) is 18.2 Å². The minimum atomic E-state index is -3.77. The third-order valence-electron chi connectivity index (χ3n) is 2.95. The fourth-order valence-corrected chi connectivity index (χ4v) is 4.00. The standard InChI is InChI=1S/C12H14N2O5S2/c15-11(14-8-20-7-10(14)12(16)17)6-13-21(18,19)9-4-2-1-3-5-9/h1-5,10,13H,6-8H2,(H,16,17)/t10-/m0/s1. The van der Waals surface area contributed by atoms with Crippen LogP contribution < -0.4 is 4.72 Å². The fraction of sp³-hybridized carbons (Fsp3) is 0.333. The van der Waals surface area contributed by atoms with E-state index in [0.29, 0.717) is 5.75 Å². The molecular formula is C12H14N2O5S2. The zero-order chi connectivity index (χ0) is 15.5. The molecular weight excluding hydrogens is 316 g/mol. The molecule has 1 aliphatic heterocycles. The number of rotatable bonds is 5. The first-order chi connectivity index (χ1) is 9.92. The van der Waals surface area contributed by atoms with E-state index in [0.717, 1.165) is 0 Å². The number of hydrogen-bond donors (Lipinski definition) is 2. The summed E-state index contributed by atoms with van der Waals surface area (Å²) in [6, 6.07) is 6.77. The van der Waals surface area contributed by atoms with Gasteiger partial charge in [0, 0.05) is 5.75 Å². The van der Waals surface area contributed by atoms with E-state index in [1.807, 2.05) is 0 Å². The van der Waals surface area contributed by atoms with E-state index in [-0.39, 0.29) is 10.8 Å². The van der Waals surface area contributed by atoms with E-state index < -0.39 is 34.5 Å². The van der Waals surface area contributed by atoms with Crippen LogP contribution >= 0.6 is 11.8 Å². The molecule has 0 aromatic heterocycles. The maximum Gasteiger partial charge on any atom is 0.327 e. The minimum Gasteiger partial charge on any atom is -0.480 e. The molecule has 1 aromatic carbocycles. The van der Waals surface area contributed by atoms with E-state index in [2.05, 4.69) is 4.72 Å². The van der Waals surface area contributed by atoms with Gasteiger partial charge >= 0.3 is 5.97 Å². The summed E-state index contributed by atoms with van der Waals surface area (Å²) in [5.41, 5.74) is 0. The van der Waals surface area contributed by atoms with Crippen molar-refractivity contribution in [2.45, 2.75) is 10.9 Å². The second kappa shape index (κ2) is 6.46. The number of thioether (sulfide) groups is 1. The van der Waals surface area contributed by atoms with Crippen LogP contribution in [0.25, 0.3) is 0 Å². The van der Waals surface area contributed by atoms with Crippen LogP contribution in [0, 0.1) is 0 Å². The summed E-state index contributed by atoms with van der Waals surface area (Å²) >= 11 is 1.32. The number of nitrogens with one attached hydrogen (secondary N) is 1. The van der Waals surface area contributed by atoms with Crippen LogP contribution in [0.15, 0.2) is 35.2 Å². The number of sulfonamides is 1. The Hall–Kier alpha value is -1.58. The Balaban J connectivity index is 2.00. The van der Waals surface area contributed by atoms with Gasteiger partial charge in [-0.15, -0.1) is 11.8 Å². The van der Waals surface area contributed by atoms with Gasteiger partial charge in [0.15, 0.2) is 0 Å². The van der Waals surface area contributed by atoms with Gasteiger partial charge in [-0.2, -0.15) is 0 Å². The Kier molecular flexibility index (Phi) is 4.86. The number of carbonyl (C=O) groups excluding carboxylic acids is 1. The molecule has 1 amide bonds. The summed E-state index contributed by atoms with van der Waals surface area (Å²) in [5.74, 6) is -1.07. The lowest BCUT2D eigenvalue weighted by atomic mass is 10.3. The molecule has 1 heterocycles. The first-order valence-electron chi connectivity index (χ1n) is 6.06. The van der Waals surface area contributed by atoms with Gasteiger partial charge in [0.1, 0.15) is 6.04 Å². The van der Waals surface area contributed by atoms with Crippen LogP contribution in [-0.4, -0.2) is 54.5 Å². The van der Waals surface area contributed by atoms with Crippen LogP contribution in [0.3, 0.4) is 0 Å². The highest BCUT2D eigenvalue weighted by molar-refractivity contribution is 7.99. The molecule has 1 saturated heterocycles. The Morgan fingerprint density at radius 3 is 2.62 bits per heavy atom. The lowest BCUT2D eigenvalue weighted by molar-refractivity contribution is -0.147. The molecule has 0 radical (unpaired) electrons. The van der Waals surface area contributed by atoms with E-state index in [9.17, 15) is 18.0 Å². The summed E-state index contributed by atoms with van der Waals surface area (Å²) in [5, 5.41) is 8.99. The fourth-order valence-electron chi connectivity index (χ4n) is 1.83. The third-order valence-corrected chi connectivity index (χ3v) is 5.38. The zero-order valence-corrected chi connectivity index (χ0v) is 12.6. The SMILES string of the molecule is O=C(O)[C@@H]1CSCN1C(=O)CNS(=O)(=O)c1ccccc1. The topological polar surface area (TPSA) is 104 Å². The Labute approximate surface area is 126 Å². The predicted octanol–water partition coefficient (Wildman–Crippen LogP) is -0.0490. The number of benzene rings is 1. The normalized spacial score (nSPS) is 18.7. The molecule has 9 heteroatoms. The number of hydrogen-bond acceptors (Lipinski definition) is 5. The molecule has 1 aromatic rings. The van der Waals surface area contributed by atoms with E-state index in [1.54, 1.807) is 18.2 Å². The Morgan fingerprint density at radius 1 is 1.33 bits per heavy atom. The molecule has 1 atom stereocenters. The second-order valence-electron chi connectivity index (χ2n) is 4.36. The second-order valence-corrected chi connectivity index (χ2v) is 7.12. The Bertz CT molecular complexity index is 632. The van der Waals surface area contributed by atoms with Crippen molar-refractivity contribution >= 4 is 33.7 Å². The lowest BCUT2D eigenvalue weighted by Gasteiger charge is -2.20. The smallest absolute Gasteiger partial charge is 0.327 e. The lowest BCUT2D eigenvalue weighted by Crippen LogP contribution is -2.46. The molecule has 114 valence electrons. The molecule has 1 aliphatic rings. The van der Waals surface area contributed by atoms with Crippen molar-refractivity contribution in [3.8, 4) is 0 Å². The molecule has 7 nitrogen and oxygen atoms in total. The van der Waals surface area contributed by atoms with Crippen LogP contribution in [0.4, 0.5) is 0 Å². The summed E-state index contributed by atoms with van der Waals surface area (Å²) in [7, 11) is -3.77. The van der Waals surface area contributed by atoms with Crippen molar-refractivity contribution in [3.05, 3.63) is 30.3 Å². The number of aliphatic carboxylic acids is 1. The van der Waals surface area contributed by atoms with Gasteiger partial charge in [0.2, 0.25) is 15.9 Å². The van der Waals surface area contributed by atoms with Gasteiger partial charge < -0.3 is 10.0 Å². The van der Waals surface area contributed by atoms with Crippen molar-refractivity contribution in [1.82, 2.24) is 9.62 Å². The third kappa shape index (κ3) is 3.74.